The first-order valence-corrected chi connectivity index (χ1v) is 8.70. The zero-order valence-electron chi connectivity index (χ0n) is 13.9. The number of carbonyl (C=O) groups excluding carboxylic acids is 1. The molecule has 1 aliphatic heterocycles. The van der Waals surface area contributed by atoms with Gasteiger partial charge < -0.3 is 15.0 Å². The summed E-state index contributed by atoms with van der Waals surface area (Å²) in [6, 6.07) is 0.604. The lowest BCUT2D eigenvalue weighted by Crippen LogP contribution is -2.48. The highest BCUT2D eigenvalue weighted by Gasteiger charge is 2.27. The molecule has 4 nitrogen and oxygen atoms in total. The third-order valence-electron chi connectivity index (χ3n) is 4.61. The van der Waals surface area contributed by atoms with Gasteiger partial charge in [-0.2, -0.15) is 0 Å². The maximum Gasteiger partial charge on any atom is 0.251 e. The van der Waals surface area contributed by atoms with E-state index in [1.54, 1.807) is 0 Å². The van der Waals surface area contributed by atoms with Crippen LogP contribution in [0.15, 0.2) is 0 Å². The molecule has 0 bridgehead atoms. The summed E-state index contributed by atoms with van der Waals surface area (Å²) in [6.07, 6.45) is 5.68. The highest BCUT2D eigenvalue weighted by molar-refractivity contribution is 5.80. The first-order chi connectivity index (χ1) is 10.1. The number of nitrogens with one attached hydrogen (secondary N) is 1. The van der Waals surface area contributed by atoms with E-state index in [9.17, 15) is 4.79 Å². The minimum atomic E-state index is -0.292. The second kappa shape index (κ2) is 8.14. The molecule has 2 aliphatic rings. The molecule has 0 spiro atoms. The molecule has 1 unspecified atom stereocenters. The van der Waals surface area contributed by atoms with Crippen molar-refractivity contribution in [2.24, 2.45) is 11.8 Å². The molecule has 122 valence electrons. The van der Waals surface area contributed by atoms with Crippen LogP contribution in [0.4, 0.5) is 0 Å². The topological polar surface area (TPSA) is 41.6 Å². The Bertz CT molecular complexity index is 321. The average molecular weight is 296 g/mol. The van der Waals surface area contributed by atoms with Gasteiger partial charge in [-0.1, -0.05) is 13.8 Å². The molecular formula is C17H32N2O2. The second-order valence-corrected chi connectivity index (χ2v) is 7.15. The molecular weight excluding hydrogens is 264 g/mol. The van der Waals surface area contributed by atoms with Gasteiger partial charge in [0, 0.05) is 25.7 Å². The minimum absolute atomic E-state index is 0.166. The fourth-order valence-electron chi connectivity index (χ4n) is 2.77. The zero-order chi connectivity index (χ0) is 15.2. The van der Waals surface area contributed by atoms with Crippen molar-refractivity contribution in [1.29, 1.82) is 0 Å². The normalized spacial score (nSPS) is 21.8. The number of likely N-dealkylation sites (tertiary alicyclic amines) is 1. The van der Waals surface area contributed by atoms with Gasteiger partial charge in [0.1, 0.15) is 6.10 Å². The van der Waals surface area contributed by atoms with Gasteiger partial charge in [0.2, 0.25) is 0 Å². The molecule has 1 aliphatic carbocycles. The maximum absolute atomic E-state index is 12.3. The predicted molar refractivity (Wildman–Crippen MR) is 85.2 cm³/mol. The van der Waals surface area contributed by atoms with Gasteiger partial charge in [0.05, 0.1) is 0 Å². The monoisotopic (exact) mass is 296 g/mol. The fourth-order valence-corrected chi connectivity index (χ4v) is 2.77. The molecule has 0 radical (unpaired) electrons. The van der Waals surface area contributed by atoms with Crippen LogP contribution in [0, 0.1) is 11.8 Å². The number of amides is 1. The van der Waals surface area contributed by atoms with Crippen LogP contribution in [0.1, 0.15) is 52.9 Å². The summed E-state index contributed by atoms with van der Waals surface area (Å²) in [7, 11) is 0. The molecule has 2 fully saturated rings. The van der Waals surface area contributed by atoms with Crippen molar-refractivity contribution in [1.82, 2.24) is 10.2 Å². The van der Waals surface area contributed by atoms with Crippen molar-refractivity contribution in [3.8, 4) is 0 Å². The van der Waals surface area contributed by atoms with Crippen molar-refractivity contribution in [3.63, 3.8) is 0 Å². The van der Waals surface area contributed by atoms with Gasteiger partial charge in [-0.15, -0.1) is 0 Å². The van der Waals surface area contributed by atoms with Gasteiger partial charge in [-0.05, 0) is 57.4 Å². The first kappa shape index (κ1) is 16.8. The zero-order valence-corrected chi connectivity index (χ0v) is 13.9. The highest BCUT2D eigenvalue weighted by Crippen LogP contribution is 2.28. The molecule has 4 heteroatoms. The predicted octanol–water partition coefficient (Wildman–Crippen LogP) is 2.43. The van der Waals surface area contributed by atoms with E-state index in [-0.39, 0.29) is 12.0 Å². The number of nitrogens with zero attached hydrogens (tertiary/aromatic N) is 1. The Hall–Kier alpha value is -0.610. The Morgan fingerprint density at radius 3 is 2.43 bits per heavy atom. The van der Waals surface area contributed by atoms with Gasteiger partial charge in [-0.25, -0.2) is 0 Å². The van der Waals surface area contributed by atoms with E-state index in [4.69, 9.17) is 4.74 Å². The molecule has 21 heavy (non-hydrogen) atoms. The van der Waals surface area contributed by atoms with Crippen LogP contribution < -0.4 is 5.32 Å². The van der Waals surface area contributed by atoms with Crippen molar-refractivity contribution in [2.45, 2.75) is 65.0 Å². The lowest BCUT2D eigenvalue weighted by Gasteiger charge is -2.34. The maximum atomic E-state index is 12.3. The molecule has 1 N–H and O–H groups in total. The van der Waals surface area contributed by atoms with Crippen LogP contribution in [0.25, 0.3) is 0 Å². The van der Waals surface area contributed by atoms with E-state index in [0.29, 0.717) is 18.6 Å². The lowest BCUT2D eigenvalue weighted by molar-refractivity contribution is -0.144. The first-order valence-electron chi connectivity index (χ1n) is 8.70. The van der Waals surface area contributed by atoms with Crippen molar-refractivity contribution >= 4 is 5.91 Å². The van der Waals surface area contributed by atoms with Crippen LogP contribution in [0.2, 0.25) is 0 Å². The molecule has 1 saturated heterocycles. The minimum Gasteiger partial charge on any atom is -0.369 e. The number of rotatable bonds is 8. The second-order valence-electron chi connectivity index (χ2n) is 7.15. The quantitative estimate of drug-likeness (QED) is 0.748. The van der Waals surface area contributed by atoms with Crippen molar-refractivity contribution in [3.05, 3.63) is 0 Å². The molecule has 0 aromatic carbocycles. The summed E-state index contributed by atoms with van der Waals surface area (Å²) in [5.41, 5.74) is 0. The van der Waals surface area contributed by atoms with E-state index in [2.05, 4.69) is 19.2 Å². The summed E-state index contributed by atoms with van der Waals surface area (Å²) in [6.45, 7) is 9.85. The lowest BCUT2D eigenvalue weighted by atomic mass is 10.0. The van der Waals surface area contributed by atoms with Gasteiger partial charge in [-0.3, -0.25) is 4.79 Å². The van der Waals surface area contributed by atoms with Crippen molar-refractivity contribution < 1.29 is 9.53 Å². The molecule has 1 saturated carbocycles. The summed E-state index contributed by atoms with van der Waals surface area (Å²) >= 11 is 0. The third kappa shape index (κ3) is 5.95. The van der Waals surface area contributed by atoms with Gasteiger partial charge in [0.25, 0.3) is 5.91 Å². The number of ether oxygens (including phenoxy) is 1. The van der Waals surface area contributed by atoms with Gasteiger partial charge in [0.15, 0.2) is 0 Å². The summed E-state index contributed by atoms with van der Waals surface area (Å²) in [5.74, 6) is 1.72. The van der Waals surface area contributed by atoms with Crippen LogP contribution in [-0.2, 0) is 9.53 Å². The third-order valence-corrected chi connectivity index (χ3v) is 4.61. The summed E-state index contributed by atoms with van der Waals surface area (Å²) in [4.78, 5) is 14.3. The average Bonchev–Trinajstić information content (AvgIpc) is 3.28. The van der Waals surface area contributed by atoms with E-state index in [0.717, 1.165) is 38.3 Å². The van der Waals surface area contributed by atoms with E-state index < -0.39 is 0 Å². The van der Waals surface area contributed by atoms with Crippen LogP contribution in [-0.4, -0.2) is 49.2 Å². The Kier molecular flexibility index (Phi) is 6.49. The van der Waals surface area contributed by atoms with Crippen molar-refractivity contribution in [2.75, 3.05) is 26.2 Å². The molecule has 2 rings (SSSR count). The standard InChI is InChI=1S/C17H32N2O2/c1-13(2)8-11-21-14(3)17(20)19-9-6-16(7-10-19)18-12-15-4-5-15/h13-16,18H,4-12H2,1-3H3. The molecule has 1 heterocycles. The number of hydrogen-bond acceptors (Lipinski definition) is 3. The number of hydrogen-bond donors (Lipinski definition) is 1. The SMILES string of the molecule is CC(C)CCOC(C)C(=O)N1CCC(NCC2CC2)CC1. The molecule has 0 aromatic heterocycles. The number of piperidine rings is 1. The Morgan fingerprint density at radius 1 is 1.19 bits per heavy atom. The fraction of sp³-hybridized carbons (Fsp3) is 0.941. The summed E-state index contributed by atoms with van der Waals surface area (Å²) in [5, 5.41) is 3.65. The van der Waals surface area contributed by atoms with Crippen LogP contribution >= 0.6 is 0 Å². The smallest absolute Gasteiger partial charge is 0.251 e. The van der Waals surface area contributed by atoms with Crippen LogP contribution in [0.3, 0.4) is 0 Å². The molecule has 0 aromatic rings. The van der Waals surface area contributed by atoms with Crippen LogP contribution in [0.5, 0.6) is 0 Å². The summed E-state index contributed by atoms with van der Waals surface area (Å²) < 4.78 is 5.68. The number of carbonyl (C=O) groups is 1. The molecule has 1 amide bonds. The Labute approximate surface area is 129 Å². The van der Waals surface area contributed by atoms with E-state index >= 15 is 0 Å². The molecule has 1 atom stereocenters. The largest absolute Gasteiger partial charge is 0.369 e. The van der Waals surface area contributed by atoms with E-state index in [1.807, 2.05) is 11.8 Å². The van der Waals surface area contributed by atoms with Gasteiger partial charge >= 0.3 is 0 Å². The Morgan fingerprint density at radius 2 is 1.86 bits per heavy atom. The highest BCUT2D eigenvalue weighted by atomic mass is 16.5. The van der Waals surface area contributed by atoms with E-state index in [1.165, 1.54) is 19.4 Å². The Balaban J connectivity index is 1.61.